The molecular weight excluding hydrogens is 416 g/mol. The molecule has 0 aliphatic carbocycles. The van der Waals surface area contributed by atoms with Gasteiger partial charge < -0.3 is 4.90 Å². The van der Waals surface area contributed by atoms with E-state index < -0.39 is 0 Å². The molecule has 34 heavy (non-hydrogen) atoms. The topological polar surface area (TPSA) is 34.0 Å². The van der Waals surface area contributed by atoms with Crippen LogP contribution in [0.25, 0.3) is 38.8 Å². The quantitative estimate of drug-likeness (QED) is 0.288. The molecule has 0 atom stereocenters. The zero-order valence-electron chi connectivity index (χ0n) is 19.2. The molecule has 3 aromatic heterocycles. The molecule has 0 saturated carbocycles. The first-order valence-corrected chi connectivity index (χ1v) is 11.4. The SMILES string of the molecule is Cc1ccc(-n2c3ccccc3c3ccc(-c4cccc(N(C)c5ccccn5)c4)cc32)nc1. The van der Waals surface area contributed by atoms with Crippen molar-refractivity contribution in [2.75, 3.05) is 11.9 Å². The minimum atomic E-state index is 0.917. The van der Waals surface area contributed by atoms with Crippen LogP contribution in [-0.4, -0.2) is 21.6 Å². The number of hydrogen-bond donors (Lipinski definition) is 0. The zero-order valence-corrected chi connectivity index (χ0v) is 19.2. The van der Waals surface area contributed by atoms with Gasteiger partial charge in [0.15, 0.2) is 0 Å². The third-order valence-electron chi connectivity index (χ3n) is 6.36. The van der Waals surface area contributed by atoms with Gasteiger partial charge in [0.2, 0.25) is 0 Å². The summed E-state index contributed by atoms with van der Waals surface area (Å²) in [7, 11) is 2.05. The van der Waals surface area contributed by atoms with Crippen molar-refractivity contribution >= 4 is 33.3 Å². The first kappa shape index (κ1) is 20.2. The normalized spacial score (nSPS) is 11.2. The third kappa shape index (κ3) is 3.41. The first-order chi connectivity index (χ1) is 16.7. The molecule has 164 valence electrons. The van der Waals surface area contributed by atoms with Crippen molar-refractivity contribution in [3.63, 3.8) is 0 Å². The van der Waals surface area contributed by atoms with Crippen LogP contribution in [0.4, 0.5) is 11.5 Å². The number of para-hydroxylation sites is 1. The van der Waals surface area contributed by atoms with Crippen LogP contribution in [0.1, 0.15) is 5.56 Å². The second-order valence-corrected chi connectivity index (χ2v) is 8.58. The molecule has 3 heterocycles. The Morgan fingerprint density at radius 2 is 1.50 bits per heavy atom. The lowest BCUT2D eigenvalue weighted by molar-refractivity contribution is 1.07. The summed E-state index contributed by atoms with van der Waals surface area (Å²) in [5, 5.41) is 2.46. The Morgan fingerprint density at radius 1 is 0.676 bits per heavy atom. The minimum Gasteiger partial charge on any atom is -0.329 e. The fourth-order valence-electron chi connectivity index (χ4n) is 4.57. The van der Waals surface area contributed by atoms with E-state index >= 15 is 0 Å². The fraction of sp³-hybridized carbons (Fsp3) is 0.0667. The minimum absolute atomic E-state index is 0.917. The number of aryl methyl sites for hydroxylation is 1. The van der Waals surface area contributed by atoms with Gasteiger partial charge in [0.25, 0.3) is 0 Å². The average Bonchev–Trinajstić information content (AvgIpc) is 3.23. The summed E-state index contributed by atoms with van der Waals surface area (Å²) < 4.78 is 2.26. The van der Waals surface area contributed by atoms with Crippen LogP contribution in [-0.2, 0) is 0 Å². The van der Waals surface area contributed by atoms with E-state index in [0.29, 0.717) is 0 Å². The van der Waals surface area contributed by atoms with E-state index in [9.17, 15) is 0 Å². The molecule has 4 nitrogen and oxygen atoms in total. The van der Waals surface area contributed by atoms with Crippen molar-refractivity contribution in [3.8, 4) is 16.9 Å². The van der Waals surface area contributed by atoms with Crippen LogP contribution in [0.5, 0.6) is 0 Å². The molecule has 3 aromatic carbocycles. The van der Waals surface area contributed by atoms with E-state index in [2.05, 4.69) is 100 Å². The summed E-state index contributed by atoms with van der Waals surface area (Å²) in [5.41, 5.74) is 6.89. The number of pyridine rings is 2. The Labute approximate surface area is 198 Å². The van der Waals surface area contributed by atoms with E-state index in [0.717, 1.165) is 39.5 Å². The van der Waals surface area contributed by atoms with Crippen molar-refractivity contribution in [2.45, 2.75) is 6.92 Å². The van der Waals surface area contributed by atoms with E-state index in [-0.39, 0.29) is 0 Å². The van der Waals surface area contributed by atoms with Crippen LogP contribution in [0, 0.1) is 6.92 Å². The molecule has 0 amide bonds. The predicted molar refractivity (Wildman–Crippen MR) is 141 cm³/mol. The van der Waals surface area contributed by atoms with Gasteiger partial charge in [-0.15, -0.1) is 0 Å². The smallest absolute Gasteiger partial charge is 0.137 e. The molecule has 6 rings (SSSR count). The Balaban J connectivity index is 1.51. The highest BCUT2D eigenvalue weighted by molar-refractivity contribution is 6.10. The first-order valence-electron chi connectivity index (χ1n) is 11.4. The number of nitrogens with zero attached hydrogens (tertiary/aromatic N) is 4. The molecule has 0 unspecified atom stereocenters. The Morgan fingerprint density at radius 3 is 2.32 bits per heavy atom. The van der Waals surface area contributed by atoms with Gasteiger partial charge >= 0.3 is 0 Å². The van der Waals surface area contributed by atoms with Gasteiger partial charge in [-0.05, 0) is 66.1 Å². The van der Waals surface area contributed by atoms with E-state index in [1.807, 2.05) is 37.6 Å². The second kappa shape index (κ2) is 8.16. The Bertz CT molecular complexity index is 1620. The van der Waals surface area contributed by atoms with Crippen molar-refractivity contribution in [1.82, 2.24) is 14.5 Å². The molecule has 0 N–H and O–H groups in total. The molecule has 0 spiro atoms. The lowest BCUT2D eigenvalue weighted by Gasteiger charge is -2.19. The van der Waals surface area contributed by atoms with Gasteiger partial charge in [0.1, 0.15) is 11.6 Å². The van der Waals surface area contributed by atoms with Crippen LogP contribution in [0.2, 0.25) is 0 Å². The van der Waals surface area contributed by atoms with E-state index in [1.165, 1.54) is 16.3 Å². The van der Waals surface area contributed by atoms with Crippen molar-refractivity contribution in [1.29, 1.82) is 0 Å². The van der Waals surface area contributed by atoms with Gasteiger partial charge in [-0.2, -0.15) is 0 Å². The van der Waals surface area contributed by atoms with Gasteiger partial charge in [-0.1, -0.05) is 54.6 Å². The van der Waals surface area contributed by atoms with E-state index in [1.54, 1.807) is 0 Å². The maximum absolute atomic E-state index is 4.74. The third-order valence-corrected chi connectivity index (χ3v) is 6.36. The lowest BCUT2D eigenvalue weighted by Crippen LogP contribution is -2.10. The molecule has 0 aliphatic rings. The van der Waals surface area contributed by atoms with Gasteiger partial charge in [-0.3, -0.25) is 4.57 Å². The number of hydrogen-bond acceptors (Lipinski definition) is 3. The fourth-order valence-corrected chi connectivity index (χ4v) is 4.57. The Kier molecular flexibility index (Phi) is 4.84. The van der Waals surface area contributed by atoms with Crippen molar-refractivity contribution in [2.24, 2.45) is 0 Å². The average molecular weight is 441 g/mol. The number of fused-ring (bicyclic) bond motifs is 3. The zero-order chi connectivity index (χ0) is 23.1. The summed E-state index contributed by atoms with van der Waals surface area (Å²) in [5.74, 6) is 1.85. The molecule has 0 radical (unpaired) electrons. The molecule has 0 saturated heterocycles. The molecule has 0 aliphatic heterocycles. The second-order valence-electron chi connectivity index (χ2n) is 8.58. The predicted octanol–water partition coefficient (Wildman–Crippen LogP) is 7.32. The number of rotatable bonds is 4. The Hall–Kier alpha value is -4.44. The monoisotopic (exact) mass is 440 g/mol. The summed E-state index contributed by atoms with van der Waals surface area (Å²) in [6, 6.07) is 34.0. The van der Waals surface area contributed by atoms with Gasteiger partial charge in [-0.25, -0.2) is 9.97 Å². The number of aromatic nitrogens is 3. The highest BCUT2D eigenvalue weighted by Crippen LogP contribution is 2.35. The maximum Gasteiger partial charge on any atom is 0.137 e. The highest BCUT2D eigenvalue weighted by atomic mass is 15.2. The number of benzene rings is 3. The van der Waals surface area contributed by atoms with E-state index in [4.69, 9.17) is 4.98 Å². The van der Waals surface area contributed by atoms with Crippen LogP contribution in [0.3, 0.4) is 0 Å². The van der Waals surface area contributed by atoms with Crippen LogP contribution >= 0.6 is 0 Å². The van der Waals surface area contributed by atoms with Gasteiger partial charge in [0, 0.05) is 35.9 Å². The summed E-state index contributed by atoms with van der Waals surface area (Å²) >= 11 is 0. The highest BCUT2D eigenvalue weighted by Gasteiger charge is 2.14. The van der Waals surface area contributed by atoms with Crippen LogP contribution in [0.15, 0.2) is 109 Å². The standard InChI is InChI=1S/C30H24N4/c1-21-13-16-30(32-20-21)34-27-11-4-3-10-25(27)26-15-14-23(19-28(26)34)22-8-7-9-24(18-22)33(2)29-12-5-6-17-31-29/h3-20H,1-2H3. The molecule has 0 fully saturated rings. The summed E-state index contributed by atoms with van der Waals surface area (Å²) in [6.45, 7) is 2.07. The maximum atomic E-state index is 4.74. The lowest BCUT2D eigenvalue weighted by atomic mass is 10.0. The molecule has 6 aromatic rings. The number of anilines is 2. The molecule has 0 bridgehead atoms. The largest absolute Gasteiger partial charge is 0.329 e. The van der Waals surface area contributed by atoms with Crippen LogP contribution < -0.4 is 4.90 Å². The summed E-state index contributed by atoms with van der Waals surface area (Å²) in [6.07, 6.45) is 3.75. The van der Waals surface area contributed by atoms with Crippen molar-refractivity contribution < 1.29 is 0 Å². The summed E-state index contributed by atoms with van der Waals surface area (Å²) in [4.78, 5) is 11.3. The molecule has 4 heteroatoms. The molecular formula is C30H24N4. The van der Waals surface area contributed by atoms with Gasteiger partial charge in [0.05, 0.1) is 11.0 Å². The van der Waals surface area contributed by atoms with Crippen molar-refractivity contribution in [3.05, 3.63) is 115 Å².